The van der Waals surface area contributed by atoms with E-state index >= 15 is 0 Å². The lowest BCUT2D eigenvalue weighted by molar-refractivity contribution is -0.118. The SMILES string of the molecule is CS(=O)(=O)c1ccc(N2CCN(C=O)CC2)c(F)c1. The number of hydrogen-bond acceptors (Lipinski definition) is 4. The third-order valence-electron chi connectivity index (χ3n) is 3.15. The molecule has 1 aromatic carbocycles. The van der Waals surface area contributed by atoms with Gasteiger partial charge in [-0.1, -0.05) is 0 Å². The summed E-state index contributed by atoms with van der Waals surface area (Å²) in [6.45, 7) is 2.15. The van der Waals surface area contributed by atoms with Gasteiger partial charge < -0.3 is 9.80 Å². The van der Waals surface area contributed by atoms with Gasteiger partial charge in [-0.05, 0) is 18.2 Å². The maximum atomic E-state index is 14.0. The number of amides is 1. The molecule has 0 unspecified atom stereocenters. The van der Waals surface area contributed by atoms with Crippen LogP contribution in [0.15, 0.2) is 23.1 Å². The van der Waals surface area contributed by atoms with Crippen LogP contribution in [-0.2, 0) is 14.6 Å². The number of anilines is 1. The zero-order valence-electron chi connectivity index (χ0n) is 10.5. The summed E-state index contributed by atoms with van der Waals surface area (Å²) in [5.74, 6) is -0.553. The largest absolute Gasteiger partial charge is 0.366 e. The molecule has 0 bridgehead atoms. The summed E-state index contributed by atoms with van der Waals surface area (Å²) in [6.07, 6.45) is 1.82. The molecule has 1 aliphatic rings. The normalized spacial score (nSPS) is 16.5. The standard InChI is InChI=1S/C12H15FN2O3S/c1-19(17,18)10-2-3-12(11(13)8-10)15-6-4-14(9-16)5-7-15/h2-3,8-9H,4-7H2,1H3. The molecule has 1 fully saturated rings. The number of nitrogens with zero attached hydrogens (tertiary/aromatic N) is 2. The van der Waals surface area contributed by atoms with Crippen LogP contribution in [0.3, 0.4) is 0 Å². The maximum Gasteiger partial charge on any atom is 0.209 e. The average Bonchev–Trinajstić information content (AvgIpc) is 2.38. The number of rotatable bonds is 3. The van der Waals surface area contributed by atoms with Crippen LogP contribution >= 0.6 is 0 Å². The minimum absolute atomic E-state index is 0.0275. The van der Waals surface area contributed by atoms with Gasteiger partial charge in [0.2, 0.25) is 6.41 Å². The maximum absolute atomic E-state index is 14.0. The molecule has 0 spiro atoms. The zero-order chi connectivity index (χ0) is 14.0. The van der Waals surface area contributed by atoms with Gasteiger partial charge in [0, 0.05) is 32.4 Å². The van der Waals surface area contributed by atoms with Crippen molar-refractivity contribution in [2.75, 3.05) is 37.3 Å². The van der Waals surface area contributed by atoms with E-state index in [1.165, 1.54) is 12.1 Å². The van der Waals surface area contributed by atoms with E-state index in [0.29, 0.717) is 31.9 Å². The summed E-state index contributed by atoms with van der Waals surface area (Å²) >= 11 is 0. The third kappa shape index (κ3) is 3.04. The van der Waals surface area contributed by atoms with Crippen LogP contribution in [0.4, 0.5) is 10.1 Å². The molecule has 2 rings (SSSR count). The van der Waals surface area contributed by atoms with Crippen molar-refractivity contribution in [2.24, 2.45) is 0 Å². The summed E-state index contributed by atoms with van der Waals surface area (Å²) < 4.78 is 36.6. The molecule has 1 saturated heterocycles. The molecule has 0 saturated carbocycles. The Hall–Kier alpha value is -1.63. The first-order chi connectivity index (χ1) is 8.91. The molecule has 1 amide bonds. The second-order valence-electron chi connectivity index (χ2n) is 4.51. The number of halogens is 1. The van der Waals surface area contributed by atoms with Gasteiger partial charge in [0.1, 0.15) is 5.82 Å². The molecule has 7 heteroatoms. The summed E-state index contributed by atoms with van der Waals surface area (Å²) in [7, 11) is -3.40. The van der Waals surface area contributed by atoms with Gasteiger partial charge in [0.15, 0.2) is 9.84 Å². The van der Waals surface area contributed by atoms with E-state index in [2.05, 4.69) is 0 Å². The molecule has 0 aromatic heterocycles. The van der Waals surface area contributed by atoms with Crippen LogP contribution in [0.5, 0.6) is 0 Å². The first-order valence-electron chi connectivity index (χ1n) is 5.86. The van der Waals surface area contributed by atoms with Gasteiger partial charge in [-0.15, -0.1) is 0 Å². The summed E-state index contributed by atoms with van der Waals surface area (Å²) in [6, 6.07) is 3.92. The van der Waals surface area contributed by atoms with E-state index in [0.717, 1.165) is 18.7 Å². The van der Waals surface area contributed by atoms with Gasteiger partial charge in [-0.25, -0.2) is 12.8 Å². The fourth-order valence-corrected chi connectivity index (χ4v) is 2.68. The van der Waals surface area contributed by atoms with Crippen LogP contribution in [0, 0.1) is 5.82 Å². The fourth-order valence-electron chi connectivity index (χ4n) is 2.04. The van der Waals surface area contributed by atoms with Crippen LogP contribution in [0.25, 0.3) is 0 Å². The van der Waals surface area contributed by atoms with E-state index in [4.69, 9.17) is 0 Å². The molecule has 1 aromatic rings. The monoisotopic (exact) mass is 286 g/mol. The van der Waals surface area contributed by atoms with Crippen molar-refractivity contribution in [3.63, 3.8) is 0 Å². The van der Waals surface area contributed by atoms with Crippen LogP contribution in [0.2, 0.25) is 0 Å². The molecule has 19 heavy (non-hydrogen) atoms. The average molecular weight is 286 g/mol. The van der Waals surface area contributed by atoms with E-state index in [1.807, 2.05) is 0 Å². The highest BCUT2D eigenvalue weighted by molar-refractivity contribution is 7.90. The molecule has 0 atom stereocenters. The van der Waals surface area contributed by atoms with E-state index < -0.39 is 15.7 Å². The Morgan fingerprint density at radius 1 is 1.21 bits per heavy atom. The second-order valence-corrected chi connectivity index (χ2v) is 6.53. The highest BCUT2D eigenvalue weighted by atomic mass is 32.2. The number of sulfone groups is 1. The van der Waals surface area contributed by atoms with Crippen LogP contribution < -0.4 is 4.90 Å². The summed E-state index contributed by atoms with van der Waals surface area (Å²) in [5.41, 5.74) is 0.373. The minimum Gasteiger partial charge on any atom is -0.366 e. The van der Waals surface area contributed by atoms with Gasteiger partial charge >= 0.3 is 0 Å². The Kier molecular flexibility index (Phi) is 3.75. The van der Waals surface area contributed by atoms with Gasteiger partial charge in [-0.3, -0.25) is 4.79 Å². The van der Waals surface area contributed by atoms with Crippen molar-refractivity contribution in [1.82, 2.24) is 4.90 Å². The number of benzene rings is 1. The van der Waals surface area contributed by atoms with Crippen molar-refractivity contribution in [3.05, 3.63) is 24.0 Å². The van der Waals surface area contributed by atoms with Crippen LogP contribution in [-0.4, -0.2) is 52.2 Å². The lowest BCUT2D eigenvalue weighted by Crippen LogP contribution is -2.46. The van der Waals surface area contributed by atoms with E-state index in [1.54, 1.807) is 9.80 Å². The highest BCUT2D eigenvalue weighted by Gasteiger charge is 2.19. The molecule has 0 N–H and O–H groups in total. The van der Waals surface area contributed by atoms with Crippen LogP contribution in [0.1, 0.15) is 0 Å². The molecule has 1 heterocycles. The Bertz CT molecular complexity index is 581. The zero-order valence-corrected chi connectivity index (χ0v) is 11.4. The first-order valence-corrected chi connectivity index (χ1v) is 7.75. The van der Waals surface area contributed by atoms with E-state index in [9.17, 15) is 17.6 Å². The molecule has 104 valence electrons. The molecule has 1 aliphatic heterocycles. The lowest BCUT2D eigenvalue weighted by Gasteiger charge is -2.34. The predicted molar refractivity (Wildman–Crippen MR) is 69.4 cm³/mol. The Labute approximate surface area is 111 Å². The van der Waals surface area contributed by atoms with Gasteiger partial charge in [0.25, 0.3) is 0 Å². The molecular formula is C12H15FN2O3S. The number of piperazine rings is 1. The Morgan fingerprint density at radius 2 is 1.84 bits per heavy atom. The number of carbonyl (C=O) groups excluding carboxylic acids is 1. The van der Waals surface area contributed by atoms with E-state index in [-0.39, 0.29) is 4.90 Å². The Balaban J connectivity index is 2.21. The first kappa shape index (κ1) is 13.8. The van der Waals surface area contributed by atoms with Gasteiger partial charge in [0.05, 0.1) is 10.6 Å². The predicted octanol–water partition coefficient (Wildman–Crippen LogP) is 0.508. The summed E-state index contributed by atoms with van der Waals surface area (Å²) in [5, 5.41) is 0. The van der Waals surface area contributed by atoms with Crippen molar-refractivity contribution >= 4 is 21.9 Å². The minimum atomic E-state index is -3.40. The topological polar surface area (TPSA) is 57.7 Å². The van der Waals surface area contributed by atoms with Crippen molar-refractivity contribution in [2.45, 2.75) is 4.90 Å². The number of hydrogen-bond donors (Lipinski definition) is 0. The molecule has 0 aliphatic carbocycles. The third-order valence-corrected chi connectivity index (χ3v) is 4.26. The van der Waals surface area contributed by atoms with Crippen molar-refractivity contribution < 1.29 is 17.6 Å². The molecule has 5 nitrogen and oxygen atoms in total. The fraction of sp³-hybridized carbons (Fsp3) is 0.417. The quantitative estimate of drug-likeness (QED) is 0.760. The smallest absolute Gasteiger partial charge is 0.209 e. The number of carbonyl (C=O) groups is 1. The van der Waals surface area contributed by atoms with Crippen molar-refractivity contribution in [1.29, 1.82) is 0 Å². The Morgan fingerprint density at radius 3 is 2.32 bits per heavy atom. The van der Waals surface area contributed by atoms with Gasteiger partial charge in [-0.2, -0.15) is 0 Å². The second kappa shape index (κ2) is 5.16. The molecular weight excluding hydrogens is 271 g/mol. The van der Waals surface area contributed by atoms with Crippen molar-refractivity contribution in [3.8, 4) is 0 Å². The highest BCUT2D eigenvalue weighted by Crippen LogP contribution is 2.23. The molecule has 0 radical (unpaired) electrons. The summed E-state index contributed by atoms with van der Waals surface area (Å²) in [4.78, 5) is 14.0. The lowest BCUT2D eigenvalue weighted by atomic mass is 10.2.